The molecule has 0 aliphatic heterocycles. The Kier molecular flexibility index (Phi) is 4.98. The van der Waals surface area contributed by atoms with Gasteiger partial charge in [0.25, 0.3) is 5.91 Å². The number of para-hydroxylation sites is 1. The molecule has 5 nitrogen and oxygen atoms in total. The first kappa shape index (κ1) is 14.4. The van der Waals surface area contributed by atoms with E-state index in [9.17, 15) is 9.59 Å². The predicted octanol–water partition coefficient (Wildman–Crippen LogP) is 1.30. The lowest BCUT2D eigenvalue weighted by Crippen LogP contribution is -2.36. The molecule has 1 saturated carbocycles. The Bertz CT molecular complexity index is 484. The zero-order valence-corrected chi connectivity index (χ0v) is 11.5. The standard InChI is InChI=1S/C15H21N3O2/c16-13-8-2-1-7-12(13)15(20)18-10-4-9-17-14(19)11-5-3-6-11/h1-2,7-8,11H,3-6,9-10,16H2,(H,17,19)(H,18,20). The average Bonchev–Trinajstić information content (AvgIpc) is 2.36. The first-order valence-corrected chi connectivity index (χ1v) is 7.09. The van der Waals surface area contributed by atoms with Crippen LogP contribution in [0.2, 0.25) is 0 Å². The van der Waals surface area contributed by atoms with Gasteiger partial charge < -0.3 is 16.4 Å². The molecule has 0 saturated heterocycles. The van der Waals surface area contributed by atoms with Gasteiger partial charge in [0.15, 0.2) is 0 Å². The van der Waals surface area contributed by atoms with Crippen LogP contribution in [0.5, 0.6) is 0 Å². The number of carbonyl (C=O) groups is 2. The third-order valence-electron chi connectivity index (χ3n) is 3.62. The van der Waals surface area contributed by atoms with Crippen molar-refractivity contribution >= 4 is 17.5 Å². The second-order valence-electron chi connectivity index (χ2n) is 5.12. The molecule has 2 amide bonds. The molecule has 0 unspecified atom stereocenters. The van der Waals surface area contributed by atoms with E-state index >= 15 is 0 Å². The van der Waals surface area contributed by atoms with Gasteiger partial charge in [-0.3, -0.25) is 9.59 Å². The molecule has 108 valence electrons. The smallest absolute Gasteiger partial charge is 0.253 e. The summed E-state index contributed by atoms with van der Waals surface area (Å²) in [6, 6.07) is 6.98. The second kappa shape index (κ2) is 6.93. The van der Waals surface area contributed by atoms with Gasteiger partial charge in [0.2, 0.25) is 5.91 Å². The Labute approximate surface area is 118 Å². The van der Waals surface area contributed by atoms with Crippen molar-refractivity contribution in [2.45, 2.75) is 25.7 Å². The van der Waals surface area contributed by atoms with Gasteiger partial charge in [-0.15, -0.1) is 0 Å². The quantitative estimate of drug-likeness (QED) is 0.540. The molecule has 0 radical (unpaired) electrons. The average molecular weight is 275 g/mol. The number of anilines is 1. The van der Waals surface area contributed by atoms with E-state index < -0.39 is 0 Å². The second-order valence-corrected chi connectivity index (χ2v) is 5.12. The molecular weight excluding hydrogens is 254 g/mol. The van der Waals surface area contributed by atoms with Gasteiger partial charge in [0, 0.05) is 24.7 Å². The predicted molar refractivity (Wildman–Crippen MR) is 78.2 cm³/mol. The van der Waals surface area contributed by atoms with Gasteiger partial charge in [0.05, 0.1) is 5.56 Å². The maximum Gasteiger partial charge on any atom is 0.253 e. The molecule has 0 bridgehead atoms. The maximum absolute atomic E-state index is 11.8. The third kappa shape index (κ3) is 3.73. The van der Waals surface area contributed by atoms with Crippen LogP contribution in [0.3, 0.4) is 0 Å². The maximum atomic E-state index is 11.8. The molecule has 1 fully saturated rings. The fraction of sp³-hybridized carbons (Fsp3) is 0.467. The van der Waals surface area contributed by atoms with E-state index in [1.165, 1.54) is 0 Å². The molecule has 1 aliphatic rings. The van der Waals surface area contributed by atoms with Crippen LogP contribution in [0.25, 0.3) is 0 Å². The summed E-state index contributed by atoms with van der Waals surface area (Å²) in [7, 11) is 0. The zero-order valence-electron chi connectivity index (χ0n) is 11.5. The molecule has 1 aliphatic carbocycles. The molecule has 0 atom stereocenters. The Morgan fingerprint density at radius 2 is 1.85 bits per heavy atom. The lowest BCUT2D eigenvalue weighted by atomic mass is 9.85. The van der Waals surface area contributed by atoms with E-state index in [1.807, 2.05) is 0 Å². The van der Waals surface area contributed by atoms with E-state index in [-0.39, 0.29) is 17.7 Å². The van der Waals surface area contributed by atoms with Crippen LogP contribution >= 0.6 is 0 Å². The van der Waals surface area contributed by atoms with Gasteiger partial charge in [-0.1, -0.05) is 18.6 Å². The summed E-state index contributed by atoms with van der Waals surface area (Å²) < 4.78 is 0. The van der Waals surface area contributed by atoms with Crippen LogP contribution < -0.4 is 16.4 Å². The molecule has 1 aromatic rings. The summed E-state index contributed by atoms with van der Waals surface area (Å²) in [5.74, 6) is 0.192. The fourth-order valence-corrected chi connectivity index (χ4v) is 2.12. The summed E-state index contributed by atoms with van der Waals surface area (Å²) >= 11 is 0. The number of hydrogen-bond acceptors (Lipinski definition) is 3. The van der Waals surface area contributed by atoms with E-state index in [4.69, 9.17) is 5.73 Å². The van der Waals surface area contributed by atoms with Crippen molar-refractivity contribution in [1.82, 2.24) is 10.6 Å². The first-order chi connectivity index (χ1) is 9.68. The van der Waals surface area contributed by atoms with Crippen molar-refractivity contribution in [3.05, 3.63) is 29.8 Å². The molecule has 4 N–H and O–H groups in total. The van der Waals surface area contributed by atoms with E-state index in [1.54, 1.807) is 24.3 Å². The summed E-state index contributed by atoms with van der Waals surface area (Å²) in [5, 5.41) is 5.70. The lowest BCUT2D eigenvalue weighted by Gasteiger charge is -2.24. The number of carbonyl (C=O) groups excluding carboxylic acids is 2. The van der Waals surface area contributed by atoms with Gasteiger partial charge in [-0.2, -0.15) is 0 Å². The highest BCUT2D eigenvalue weighted by molar-refractivity contribution is 5.99. The fourth-order valence-electron chi connectivity index (χ4n) is 2.12. The van der Waals surface area contributed by atoms with E-state index in [2.05, 4.69) is 10.6 Å². The largest absolute Gasteiger partial charge is 0.398 e. The van der Waals surface area contributed by atoms with Crippen molar-refractivity contribution in [1.29, 1.82) is 0 Å². The molecule has 0 spiro atoms. The Morgan fingerprint density at radius 3 is 2.50 bits per heavy atom. The van der Waals surface area contributed by atoms with Crippen molar-refractivity contribution in [3.63, 3.8) is 0 Å². The number of amides is 2. The highest BCUT2D eigenvalue weighted by atomic mass is 16.2. The monoisotopic (exact) mass is 275 g/mol. The summed E-state index contributed by atoms with van der Waals surface area (Å²) in [5.41, 5.74) is 6.70. The van der Waals surface area contributed by atoms with E-state index in [0.717, 1.165) is 25.7 Å². The molecular formula is C15H21N3O2. The molecule has 1 aromatic carbocycles. The summed E-state index contributed by atoms with van der Waals surface area (Å²) in [4.78, 5) is 23.4. The Morgan fingerprint density at radius 1 is 1.15 bits per heavy atom. The van der Waals surface area contributed by atoms with Crippen LogP contribution in [0.15, 0.2) is 24.3 Å². The van der Waals surface area contributed by atoms with Crippen molar-refractivity contribution in [2.24, 2.45) is 5.92 Å². The van der Waals surface area contributed by atoms with Crippen LogP contribution in [0.4, 0.5) is 5.69 Å². The number of nitrogen functional groups attached to an aromatic ring is 1. The molecule has 5 heteroatoms. The number of nitrogens with two attached hydrogens (primary N) is 1. The minimum Gasteiger partial charge on any atom is -0.398 e. The van der Waals surface area contributed by atoms with Crippen molar-refractivity contribution in [2.75, 3.05) is 18.8 Å². The third-order valence-corrected chi connectivity index (χ3v) is 3.62. The van der Waals surface area contributed by atoms with Gasteiger partial charge in [0.1, 0.15) is 0 Å². The van der Waals surface area contributed by atoms with Crippen LogP contribution in [0, 0.1) is 5.92 Å². The molecule has 0 aromatic heterocycles. The minimum absolute atomic E-state index is 0.148. The summed E-state index contributed by atoms with van der Waals surface area (Å²) in [6.45, 7) is 1.12. The number of hydrogen-bond donors (Lipinski definition) is 3. The van der Waals surface area contributed by atoms with Crippen LogP contribution in [-0.4, -0.2) is 24.9 Å². The normalized spacial score (nSPS) is 14.4. The van der Waals surface area contributed by atoms with Crippen LogP contribution in [0.1, 0.15) is 36.0 Å². The lowest BCUT2D eigenvalue weighted by molar-refractivity contribution is -0.127. The van der Waals surface area contributed by atoms with E-state index in [0.29, 0.717) is 24.3 Å². The van der Waals surface area contributed by atoms with Crippen LogP contribution in [-0.2, 0) is 4.79 Å². The highest BCUT2D eigenvalue weighted by Gasteiger charge is 2.24. The van der Waals surface area contributed by atoms with Crippen molar-refractivity contribution < 1.29 is 9.59 Å². The number of nitrogens with one attached hydrogen (secondary N) is 2. The Hall–Kier alpha value is -2.04. The molecule has 2 rings (SSSR count). The van der Waals surface area contributed by atoms with Crippen molar-refractivity contribution in [3.8, 4) is 0 Å². The summed E-state index contributed by atoms with van der Waals surface area (Å²) in [6.07, 6.45) is 3.90. The molecule has 20 heavy (non-hydrogen) atoms. The number of rotatable bonds is 6. The van der Waals surface area contributed by atoms with Gasteiger partial charge in [-0.05, 0) is 31.4 Å². The van der Waals surface area contributed by atoms with Gasteiger partial charge in [-0.25, -0.2) is 0 Å². The first-order valence-electron chi connectivity index (χ1n) is 7.09. The highest BCUT2D eigenvalue weighted by Crippen LogP contribution is 2.25. The van der Waals surface area contributed by atoms with Gasteiger partial charge >= 0.3 is 0 Å². The topological polar surface area (TPSA) is 84.2 Å². The number of benzene rings is 1. The SMILES string of the molecule is Nc1ccccc1C(=O)NCCCNC(=O)C1CCC1. The molecule has 0 heterocycles. The zero-order chi connectivity index (χ0) is 14.4. The minimum atomic E-state index is -0.173. The Balaban J connectivity index is 1.62.